The molecule has 1 atom stereocenters. The molecule has 0 aromatic heterocycles. The summed E-state index contributed by atoms with van der Waals surface area (Å²) in [6, 6.07) is 0. The van der Waals surface area contributed by atoms with Crippen LogP contribution >= 0.6 is 21.7 Å². The molecule has 0 fully saturated rings. The van der Waals surface area contributed by atoms with Gasteiger partial charge in [0.05, 0.1) is 0 Å². The van der Waals surface area contributed by atoms with Crippen LogP contribution in [-0.2, 0) is 0 Å². The normalized spacial score (nSPS) is 11.2. The molecule has 0 aliphatic carbocycles. The summed E-state index contributed by atoms with van der Waals surface area (Å²) in [5.74, 6) is 0. The van der Waals surface area contributed by atoms with E-state index in [0.29, 0.717) is 5.25 Å². The zero-order valence-corrected chi connectivity index (χ0v) is 8.28. The molecule has 0 saturated heterocycles. The van der Waals surface area contributed by atoms with E-state index in [1.54, 1.807) is 0 Å². The number of hydrogen-bond donors (Lipinski definition) is 2. The molecule has 11 heavy (non-hydrogen) atoms. The molecular formula is C6H14ClNO2S. The van der Waals surface area contributed by atoms with Crippen molar-refractivity contribution in [2.75, 3.05) is 0 Å². The summed E-state index contributed by atoms with van der Waals surface area (Å²) in [5.41, 5.74) is 4.03. The quantitative estimate of drug-likeness (QED) is 0.735. The molecule has 3 nitrogen and oxygen atoms in total. The lowest BCUT2D eigenvalue weighted by Gasteiger charge is -1.99. The Morgan fingerprint density at radius 2 is 2.18 bits per heavy atom. The predicted octanol–water partition coefficient (Wildman–Crippen LogP) is 2.69. The van der Waals surface area contributed by atoms with Gasteiger partial charge in [-0.25, -0.2) is 4.79 Å². The largest absolute Gasteiger partial charge is 0.465 e. The summed E-state index contributed by atoms with van der Waals surface area (Å²) in [6.07, 6.45) is 1.13. The first-order valence-corrected chi connectivity index (χ1v) is 5.00. The summed E-state index contributed by atoms with van der Waals surface area (Å²) < 4.78 is 0. The first kappa shape index (κ1) is 13.5. The number of amides is 1. The molecule has 68 valence electrons. The highest BCUT2D eigenvalue weighted by molar-refractivity contribution is 8.21. The minimum atomic E-state index is -1.33. The molecule has 0 aliphatic heterocycles. The van der Waals surface area contributed by atoms with Crippen LogP contribution in [0.4, 0.5) is 4.79 Å². The van der Waals surface area contributed by atoms with Gasteiger partial charge in [-0.1, -0.05) is 31.2 Å². The minimum Gasteiger partial charge on any atom is -0.465 e. The molecule has 0 aromatic carbocycles. The van der Waals surface area contributed by atoms with E-state index < -0.39 is 6.09 Å². The fourth-order valence-corrected chi connectivity index (χ4v) is 1.04. The number of primary amides is 1. The summed E-state index contributed by atoms with van der Waals surface area (Å²) in [4.78, 5) is 8.78. The highest BCUT2D eigenvalue weighted by atomic mass is 35.7. The Labute approximate surface area is 75.8 Å². The molecular weight excluding hydrogens is 186 g/mol. The molecule has 1 unspecified atom stereocenters. The van der Waals surface area contributed by atoms with Crippen LogP contribution in [0.2, 0.25) is 0 Å². The van der Waals surface area contributed by atoms with Gasteiger partial charge in [-0.05, 0) is 17.1 Å². The number of hydrogen-bond acceptors (Lipinski definition) is 2. The van der Waals surface area contributed by atoms with Gasteiger partial charge in [-0.2, -0.15) is 0 Å². The highest BCUT2D eigenvalue weighted by Crippen LogP contribution is 2.18. The molecule has 0 aliphatic rings. The Balaban J connectivity index is 0. The van der Waals surface area contributed by atoms with E-state index in [1.165, 1.54) is 23.8 Å². The van der Waals surface area contributed by atoms with Crippen LogP contribution in [0, 0.1) is 0 Å². The monoisotopic (exact) mass is 199 g/mol. The maximum absolute atomic E-state index is 8.78. The van der Waals surface area contributed by atoms with Crippen molar-refractivity contribution in [3.63, 3.8) is 0 Å². The molecule has 0 saturated carbocycles. The third-order valence-corrected chi connectivity index (χ3v) is 2.30. The lowest BCUT2D eigenvalue weighted by atomic mass is 10.3. The fourth-order valence-electron chi connectivity index (χ4n) is 0.451. The van der Waals surface area contributed by atoms with Crippen molar-refractivity contribution in [3.05, 3.63) is 0 Å². The summed E-state index contributed by atoms with van der Waals surface area (Å²) in [6.45, 7) is 4.31. The third-order valence-electron chi connectivity index (χ3n) is 0.847. The molecule has 3 N–H and O–H groups in total. The van der Waals surface area contributed by atoms with Crippen molar-refractivity contribution < 1.29 is 9.90 Å². The summed E-state index contributed by atoms with van der Waals surface area (Å²) in [7, 11) is 6.87. The van der Waals surface area contributed by atoms with E-state index in [2.05, 4.69) is 19.6 Å². The second-order valence-electron chi connectivity index (χ2n) is 2.03. The van der Waals surface area contributed by atoms with Gasteiger partial charge in [0.1, 0.15) is 0 Å². The number of nitrogens with two attached hydrogens (primary N) is 1. The van der Waals surface area contributed by atoms with E-state index >= 15 is 0 Å². The first-order valence-electron chi connectivity index (χ1n) is 3.30. The maximum atomic E-state index is 8.78. The van der Waals surface area contributed by atoms with Crippen LogP contribution in [0.25, 0.3) is 0 Å². The molecule has 1 amide bonds. The minimum absolute atomic E-state index is 0.631. The average molecular weight is 200 g/mol. The highest BCUT2D eigenvalue weighted by Gasteiger charge is 1.95. The molecule has 0 radical (unpaired) electrons. The summed E-state index contributed by atoms with van der Waals surface area (Å²) in [5, 5.41) is 7.83. The van der Waals surface area contributed by atoms with Gasteiger partial charge in [0.25, 0.3) is 0 Å². The Hall–Kier alpha value is -0.0900. The molecule has 0 heterocycles. The lowest BCUT2D eigenvalue weighted by Crippen LogP contribution is -2.03. The topological polar surface area (TPSA) is 63.3 Å². The predicted molar refractivity (Wildman–Crippen MR) is 50.0 cm³/mol. The maximum Gasteiger partial charge on any atom is 0.402 e. The molecule has 0 rings (SSSR count). The van der Waals surface area contributed by atoms with E-state index in [0.717, 1.165) is 0 Å². The number of rotatable bonds is 3. The fraction of sp³-hybridized carbons (Fsp3) is 0.833. The van der Waals surface area contributed by atoms with E-state index in [4.69, 9.17) is 20.6 Å². The van der Waals surface area contributed by atoms with Gasteiger partial charge in [0.15, 0.2) is 0 Å². The standard InChI is InChI=1S/C5H11ClS.CH3NO2/c1-3-4-5(2)7-6;2-1(3)4/h5H,3-4H2,1-2H3;2H2,(H,3,4). The molecule has 0 bridgehead atoms. The summed E-state index contributed by atoms with van der Waals surface area (Å²) >= 11 is 0. The van der Waals surface area contributed by atoms with Crippen LogP contribution < -0.4 is 5.73 Å². The van der Waals surface area contributed by atoms with Gasteiger partial charge < -0.3 is 10.8 Å². The Morgan fingerprint density at radius 1 is 1.82 bits per heavy atom. The van der Waals surface area contributed by atoms with E-state index in [9.17, 15) is 0 Å². The smallest absolute Gasteiger partial charge is 0.402 e. The SMILES string of the molecule is CCCC(C)SCl.NC(=O)O. The van der Waals surface area contributed by atoms with Crippen molar-refractivity contribution in [3.8, 4) is 0 Å². The Bertz CT molecular complexity index is 98.6. The van der Waals surface area contributed by atoms with Crippen molar-refractivity contribution >= 4 is 27.8 Å². The van der Waals surface area contributed by atoms with Gasteiger partial charge in [-0.3, -0.25) is 0 Å². The van der Waals surface area contributed by atoms with Crippen molar-refractivity contribution in [2.45, 2.75) is 31.9 Å². The van der Waals surface area contributed by atoms with Crippen LogP contribution in [0.1, 0.15) is 26.7 Å². The van der Waals surface area contributed by atoms with Gasteiger partial charge in [0.2, 0.25) is 0 Å². The Morgan fingerprint density at radius 3 is 2.27 bits per heavy atom. The zero-order chi connectivity index (χ0) is 9.28. The lowest BCUT2D eigenvalue weighted by molar-refractivity contribution is 0.205. The average Bonchev–Trinajstić information content (AvgIpc) is 1.87. The van der Waals surface area contributed by atoms with E-state index in [1.807, 2.05) is 0 Å². The van der Waals surface area contributed by atoms with E-state index in [-0.39, 0.29) is 0 Å². The second-order valence-corrected chi connectivity index (χ2v) is 3.54. The Kier molecular flexibility index (Phi) is 12.2. The molecule has 0 spiro atoms. The van der Waals surface area contributed by atoms with Gasteiger partial charge in [0, 0.05) is 5.25 Å². The zero-order valence-electron chi connectivity index (χ0n) is 6.71. The van der Waals surface area contributed by atoms with Gasteiger partial charge in [-0.15, -0.1) is 0 Å². The number of carbonyl (C=O) groups is 1. The van der Waals surface area contributed by atoms with Crippen molar-refractivity contribution in [2.24, 2.45) is 5.73 Å². The van der Waals surface area contributed by atoms with Crippen molar-refractivity contribution in [1.82, 2.24) is 0 Å². The number of halogens is 1. The van der Waals surface area contributed by atoms with Crippen LogP contribution in [0.15, 0.2) is 0 Å². The molecule has 0 aromatic rings. The van der Waals surface area contributed by atoms with Crippen molar-refractivity contribution in [1.29, 1.82) is 0 Å². The van der Waals surface area contributed by atoms with Crippen LogP contribution in [0.3, 0.4) is 0 Å². The first-order chi connectivity index (χ1) is 5.04. The second kappa shape index (κ2) is 9.91. The number of carboxylic acid groups (broad SMARTS) is 1. The van der Waals surface area contributed by atoms with Crippen LogP contribution in [0.5, 0.6) is 0 Å². The molecule has 5 heteroatoms. The van der Waals surface area contributed by atoms with Crippen LogP contribution in [-0.4, -0.2) is 16.4 Å². The third kappa shape index (κ3) is 25.7. The van der Waals surface area contributed by atoms with Gasteiger partial charge >= 0.3 is 6.09 Å².